The van der Waals surface area contributed by atoms with Gasteiger partial charge in [0.15, 0.2) is 0 Å². The fourth-order valence-corrected chi connectivity index (χ4v) is 1.36. The van der Waals surface area contributed by atoms with E-state index in [4.69, 9.17) is 10.2 Å². The van der Waals surface area contributed by atoms with Crippen LogP contribution in [0, 0.1) is 0 Å². The Labute approximate surface area is 90.0 Å². The predicted molar refractivity (Wildman–Crippen MR) is 58.1 cm³/mol. The molecule has 0 saturated heterocycles. The smallest absolute Gasteiger partial charge is 0.222 e. The van der Waals surface area contributed by atoms with E-state index in [2.05, 4.69) is 0 Å². The van der Waals surface area contributed by atoms with Gasteiger partial charge in [-0.25, -0.2) is 0 Å². The maximum atomic E-state index is 11.6. The normalized spacial score (nSPS) is 10.3. The zero-order valence-electron chi connectivity index (χ0n) is 9.11. The third-order valence-corrected chi connectivity index (χ3v) is 2.27. The van der Waals surface area contributed by atoms with Crippen LogP contribution in [0.4, 0.5) is 0 Å². The highest BCUT2D eigenvalue weighted by Crippen LogP contribution is 2.06. The maximum Gasteiger partial charge on any atom is 0.222 e. The highest BCUT2D eigenvalue weighted by atomic mass is 16.3. The second-order valence-electron chi connectivity index (χ2n) is 3.63. The van der Waals surface area contributed by atoms with E-state index in [0.29, 0.717) is 19.5 Å². The van der Waals surface area contributed by atoms with Crippen molar-refractivity contribution in [2.24, 2.45) is 5.73 Å². The minimum Gasteiger partial charge on any atom is -0.472 e. The molecule has 1 rings (SSSR count). The fraction of sp³-hybridized carbons (Fsp3) is 0.545. The molecule has 0 aromatic carbocycles. The average molecular weight is 210 g/mol. The van der Waals surface area contributed by atoms with E-state index in [1.165, 1.54) is 0 Å². The maximum absolute atomic E-state index is 11.6. The number of carbonyl (C=O) groups is 1. The first-order valence-electron chi connectivity index (χ1n) is 5.19. The summed E-state index contributed by atoms with van der Waals surface area (Å²) in [4.78, 5) is 13.3. The summed E-state index contributed by atoms with van der Waals surface area (Å²) in [5.41, 5.74) is 6.38. The summed E-state index contributed by atoms with van der Waals surface area (Å²) < 4.78 is 4.94. The highest BCUT2D eigenvalue weighted by Gasteiger charge is 2.08. The third kappa shape index (κ3) is 4.16. The summed E-state index contributed by atoms with van der Waals surface area (Å²) in [7, 11) is 1.80. The summed E-state index contributed by atoms with van der Waals surface area (Å²) in [5.74, 6) is 0.157. The monoisotopic (exact) mass is 210 g/mol. The van der Waals surface area contributed by atoms with Crippen LogP contribution in [-0.4, -0.2) is 24.4 Å². The zero-order valence-corrected chi connectivity index (χ0v) is 9.11. The van der Waals surface area contributed by atoms with Gasteiger partial charge in [0, 0.05) is 25.6 Å². The molecule has 1 heterocycles. The van der Waals surface area contributed by atoms with Crippen LogP contribution < -0.4 is 5.73 Å². The summed E-state index contributed by atoms with van der Waals surface area (Å²) in [5, 5.41) is 0. The Hall–Kier alpha value is -1.29. The summed E-state index contributed by atoms with van der Waals surface area (Å²) in [6.45, 7) is 1.26. The SMILES string of the molecule is CN(Cc1ccoc1)C(=O)CCCCN. The first-order valence-corrected chi connectivity index (χ1v) is 5.19. The Balaban J connectivity index is 2.27. The number of unbranched alkanes of at least 4 members (excludes halogenated alkanes) is 1. The number of hydrogen-bond donors (Lipinski definition) is 1. The van der Waals surface area contributed by atoms with Gasteiger partial charge in [0.25, 0.3) is 0 Å². The van der Waals surface area contributed by atoms with Crippen LogP contribution in [0.3, 0.4) is 0 Å². The molecule has 4 heteroatoms. The van der Waals surface area contributed by atoms with Crippen LogP contribution in [0.25, 0.3) is 0 Å². The molecule has 0 saturated carbocycles. The lowest BCUT2D eigenvalue weighted by Gasteiger charge is -2.15. The molecule has 0 fully saturated rings. The van der Waals surface area contributed by atoms with E-state index in [1.54, 1.807) is 24.5 Å². The van der Waals surface area contributed by atoms with Crippen LogP contribution in [-0.2, 0) is 11.3 Å². The minimum absolute atomic E-state index is 0.157. The first kappa shape index (κ1) is 11.8. The Kier molecular flexibility index (Phi) is 4.90. The van der Waals surface area contributed by atoms with Gasteiger partial charge < -0.3 is 15.1 Å². The molecule has 0 radical (unpaired) electrons. The Morgan fingerprint density at radius 3 is 2.93 bits per heavy atom. The molecule has 0 atom stereocenters. The van der Waals surface area contributed by atoms with Gasteiger partial charge in [-0.2, -0.15) is 0 Å². The standard InChI is InChI=1S/C11H18N2O2/c1-13(8-10-5-7-15-9-10)11(14)4-2-3-6-12/h5,7,9H,2-4,6,8,12H2,1H3. The fourth-order valence-electron chi connectivity index (χ4n) is 1.36. The number of furan rings is 1. The number of rotatable bonds is 6. The molecule has 0 aliphatic heterocycles. The quantitative estimate of drug-likeness (QED) is 0.721. The summed E-state index contributed by atoms with van der Waals surface area (Å²) in [6, 6.07) is 1.86. The van der Waals surface area contributed by atoms with Crippen LogP contribution in [0.2, 0.25) is 0 Å². The van der Waals surface area contributed by atoms with E-state index < -0.39 is 0 Å². The van der Waals surface area contributed by atoms with E-state index in [9.17, 15) is 4.79 Å². The van der Waals surface area contributed by atoms with E-state index in [-0.39, 0.29) is 5.91 Å². The molecule has 0 aliphatic rings. The van der Waals surface area contributed by atoms with Gasteiger partial charge in [-0.3, -0.25) is 4.79 Å². The molecule has 1 aromatic heterocycles. The minimum atomic E-state index is 0.157. The van der Waals surface area contributed by atoms with E-state index >= 15 is 0 Å². The zero-order chi connectivity index (χ0) is 11.1. The lowest BCUT2D eigenvalue weighted by Crippen LogP contribution is -2.25. The second-order valence-corrected chi connectivity index (χ2v) is 3.63. The van der Waals surface area contributed by atoms with Gasteiger partial charge in [-0.05, 0) is 25.5 Å². The van der Waals surface area contributed by atoms with Gasteiger partial charge in [0.2, 0.25) is 5.91 Å². The topological polar surface area (TPSA) is 59.5 Å². The Morgan fingerprint density at radius 2 is 2.33 bits per heavy atom. The van der Waals surface area contributed by atoms with Crippen molar-refractivity contribution in [2.75, 3.05) is 13.6 Å². The van der Waals surface area contributed by atoms with Gasteiger partial charge >= 0.3 is 0 Å². The molecule has 15 heavy (non-hydrogen) atoms. The molecule has 0 spiro atoms. The van der Waals surface area contributed by atoms with Crippen molar-refractivity contribution in [1.29, 1.82) is 0 Å². The van der Waals surface area contributed by atoms with Crippen LogP contribution in [0.5, 0.6) is 0 Å². The van der Waals surface area contributed by atoms with E-state index in [1.807, 2.05) is 6.07 Å². The molecule has 0 aliphatic carbocycles. The number of nitrogens with zero attached hydrogens (tertiary/aromatic N) is 1. The molecule has 1 amide bonds. The van der Waals surface area contributed by atoms with Crippen LogP contribution in [0.1, 0.15) is 24.8 Å². The van der Waals surface area contributed by atoms with Crippen molar-refractivity contribution in [1.82, 2.24) is 4.90 Å². The predicted octanol–water partition coefficient (Wildman–Crippen LogP) is 1.37. The van der Waals surface area contributed by atoms with Crippen molar-refractivity contribution in [3.8, 4) is 0 Å². The first-order chi connectivity index (χ1) is 7.24. The highest BCUT2D eigenvalue weighted by molar-refractivity contribution is 5.75. The average Bonchev–Trinajstić information content (AvgIpc) is 2.70. The molecule has 2 N–H and O–H groups in total. The Bertz CT molecular complexity index is 283. The number of nitrogens with two attached hydrogens (primary N) is 1. The van der Waals surface area contributed by atoms with Crippen LogP contribution in [0.15, 0.2) is 23.0 Å². The molecule has 4 nitrogen and oxygen atoms in total. The van der Waals surface area contributed by atoms with Crippen molar-refractivity contribution >= 4 is 5.91 Å². The number of carbonyl (C=O) groups excluding carboxylic acids is 1. The molecule has 0 unspecified atom stereocenters. The van der Waals surface area contributed by atoms with Crippen molar-refractivity contribution in [2.45, 2.75) is 25.8 Å². The van der Waals surface area contributed by atoms with E-state index in [0.717, 1.165) is 18.4 Å². The number of hydrogen-bond acceptors (Lipinski definition) is 3. The summed E-state index contributed by atoms with van der Waals surface area (Å²) >= 11 is 0. The second kappa shape index (κ2) is 6.24. The van der Waals surface area contributed by atoms with Crippen LogP contribution >= 0.6 is 0 Å². The lowest BCUT2D eigenvalue weighted by molar-refractivity contribution is -0.130. The third-order valence-electron chi connectivity index (χ3n) is 2.27. The lowest BCUT2D eigenvalue weighted by atomic mass is 10.2. The van der Waals surface area contributed by atoms with Crippen molar-refractivity contribution in [3.63, 3.8) is 0 Å². The molecule has 1 aromatic rings. The molecular formula is C11H18N2O2. The van der Waals surface area contributed by atoms with Gasteiger partial charge in [0.1, 0.15) is 0 Å². The van der Waals surface area contributed by atoms with Crippen molar-refractivity contribution in [3.05, 3.63) is 24.2 Å². The largest absolute Gasteiger partial charge is 0.472 e. The van der Waals surface area contributed by atoms with Gasteiger partial charge in [-0.15, -0.1) is 0 Å². The van der Waals surface area contributed by atoms with Gasteiger partial charge in [0.05, 0.1) is 12.5 Å². The van der Waals surface area contributed by atoms with Crippen molar-refractivity contribution < 1.29 is 9.21 Å². The molecule has 84 valence electrons. The summed E-state index contributed by atoms with van der Waals surface area (Å²) in [6.07, 6.45) is 5.62. The molecular weight excluding hydrogens is 192 g/mol. The van der Waals surface area contributed by atoms with Gasteiger partial charge in [-0.1, -0.05) is 0 Å². The molecule has 0 bridgehead atoms. The number of amides is 1. The Morgan fingerprint density at radius 1 is 1.53 bits per heavy atom.